The predicted molar refractivity (Wildman–Crippen MR) is 57.6 cm³/mol. The Bertz CT molecular complexity index is 362. The molecule has 1 aliphatic rings. The van der Waals surface area contributed by atoms with E-state index >= 15 is 0 Å². The number of carbonyl (C=O) groups is 1. The molecule has 0 aromatic carbocycles. The van der Waals surface area contributed by atoms with Crippen molar-refractivity contribution in [2.45, 2.75) is 44.4 Å². The van der Waals surface area contributed by atoms with Crippen LogP contribution in [-0.4, -0.2) is 36.0 Å². The first-order valence-corrected chi connectivity index (χ1v) is 6.53. The Labute approximate surface area is 90.7 Å². The fourth-order valence-corrected chi connectivity index (χ4v) is 3.51. The van der Waals surface area contributed by atoms with E-state index in [0.717, 1.165) is 4.31 Å². The average molecular weight is 234 g/mol. The lowest BCUT2D eigenvalue weighted by Gasteiger charge is -2.46. The topological polar surface area (TPSA) is 80.5 Å². The molecule has 1 rings (SSSR count). The number of hydrogen-bond donors (Lipinski definition) is 1. The Morgan fingerprint density at radius 2 is 2.00 bits per heavy atom. The highest BCUT2D eigenvalue weighted by molar-refractivity contribution is 7.94. The number of amides is 1. The molecule has 0 aromatic heterocycles. The molecule has 2 N–H and O–H groups in total. The van der Waals surface area contributed by atoms with Gasteiger partial charge in [-0.05, 0) is 33.2 Å². The van der Waals surface area contributed by atoms with Gasteiger partial charge in [0.15, 0.2) is 4.75 Å². The Morgan fingerprint density at radius 3 is 2.33 bits per heavy atom. The summed E-state index contributed by atoms with van der Waals surface area (Å²) in [6.07, 6.45) is 1.13. The molecule has 1 unspecified atom stereocenters. The predicted octanol–water partition coefficient (Wildman–Crippen LogP) is 0.0644. The van der Waals surface area contributed by atoms with Crippen LogP contribution in [0.4, 0.5) is 0 Å². The normalized spacial score (nSPS) is 24.8. The average Bonchev–Trinajstić information content (AvgIpc) is 2.16. The van der Waals surface area contributed by atoms with Crippen molar-refractivity contribution in [3.63, 3.8) is 0 Å². The number of nitrogens with two attached hydrogens (primary N) is 1. The molecule has 0 spiro atoms. The Morgan fingerprint density at radius 1 is 1.47 bits per heavy atom. The maximum absolute atomic E-state index is 11.8. The van der Waals surface area contributed by atoms with Crippen LogP contribution < -0.4 is 5.73 Å². The van der Waals surface area contributed by atoms with Crippen molar-refractivity contribution >= 4 is 15.9 Å². The van der Waals surface area contributed by atoms with Gasteiger partial charge >= 0.3 is 0 Å². The maximum Gasteiger partial charge on any atom is 0.259 e. The zero-order valence-electron chi connectivity index (χ0n) is 9.36. The lowest BCUT2D eigenvalue weighted by molar-refractivity contribution is -0.134. The molecule has 15 heavy (non-hydrogen) atoms. The lowest BCUT2D eigenvalue weighted by atomic mass is 10.1. The monoisotopic (exact) mass is 234 g/mol. The van der Waals surface area contributed by atoms with E-state index in [9.17, 15) is 13.2 Å². The number of nitrogens with zero attached hydrogens (tertiary/aromatic N) is 1. The van der Waals surface area contributed by atoms with E-state index in [1.165, 1.54) is 13.8 Å². The Hall–Kier alpha value is -0.620. The number of hydrogen-bond acceptors (Lipinski definition) is 4. The lowest BCUT2D eigenvalue weighted by Crippen LogP contribution is -2.69. The van der Waals surface area contributed by atoms with Crippen LogP contribution >= 0.6 is 0 Å². The Balaban J connectivity index is 2.95. The molecular formula is C9H18N2O3S. The quantitative estimate of drug-likeness (QED) is 0.746. The zero-order chi connectivity index (χ0) is 11.9. The van der Waals surface area contributed by atoms with Gasteiger partial charge in [-0.15, -0.1) is 0 Å². The standard InChI is InChI=1S/C9H18N2O3S/c1-4-7(5-6-10)11-8(12)9(2,3)15(11,13)14/h7H,4-6,10H2,1-3H3. The van der Waals surface area contributed by atoms with E-state index in [0.29, 0.717) is 19.4 Å². The van der Waals surface area contributed by atoms with Crippen LogP contribution in [0.15, 0.2) is 0 Å². The summed E-state index contributed by atoms with van der Waals surface area (Å²) in [5.74, 6) is -0.317. The molecule has 1 heterocycles. The van der Waals surface area contributed by atoms with Gasteiger partial charge in [0.2, 0.25) is 0 Å². The molecule has 6 heteroatoms. The molecule has 0 aromatic rings. The number of rotatable bonds is 4. The van der Waals surface area contributed by atoms with Crippen LogP contribution in [0, 0.1) is 0 Å². The summed E-state index contributed by atoms with van der Waals surface area (Å²) in [6.45, 7) is 5.12. The molecule has 1 amide bonds. The fourth-order valence-electron chi connectivity index (χ4n) is 1.73. The highest BCUT2D eigenvalue weighted by atomic mass is 32.2. The third-order valence-electron chi connectivity index (χ3n) is 2.92. The smallest absolute Gasteiger partial charge is 0.259 e. The molecule has 0 radical (unpaired) electrons. The molecule has 1 saturated heterocycles. The molecular weight excluding hydrogens is 216 g/mol. The van der Waals surface area contributed by atoms with E-state index in [2.05, 4.69) is 0 Å². The van der Waals surface area contributed by atoms with E-state index < -0.39 is 14.8 Å². The van der Waals surface area contributed by atoms with Crippen molar-refractivity contribution in [1.82, 2.24) is 4.31 Å². The van der Waals surface area contributed by atoms with Gasteiger partial charge in [-0.1, -0.05) is 6.92 Å². The van der Waals surface area contributed by atoms with Gasteiger partial charge in [0.25, 0.3) is 15.9 Å². The van der Waals surface area contributed by atoms with Crippen LogP contribution in [0.2, 0.25) is 0 Å². The highest BCUT2D eigenvalue weighted by Crippen LogP contribution is 2.37. The van der Waals surface area contributed by atoms with Crippen LogP contribution in [0.3, 0.4) is 0 Å². The minimum Gasteiger partial charge on any atom is -0.330 e. The van der Waals surface area contributed by atoms with Crippen molar-refractivity contribution in [1.29, 1.82) is 0 Å². The maximum atomic E-state index is 11.8. The van der Waals surface area contributed by atoms with Gasteiger partial charge < -0.3 is 5.73 Å². The summed E-state index contributed by atoms with van der Waals surface area (Å²) < 4.78 is 23.4. The van der Waals surface area contributed by atoms with Gasteiger partial charge in [-0.25, -0.2) is 12.7 Å². The molecule has 0 saturated carbocycles. The van der Waals surface area contributed by atoms with Crippen molar-refractivity contribution in [3.8, 4) is 0 Å². The first kappa shape index (κ1) is 12.4. The van der Waals surface area contributed by atoms with E-state index in [-0.39, 0.29) is 11.9 Å². The molecule has 5 nitrogen and oxygen atoms in total. The summed E-state index contributed by atoms with van der Waals surface area (Å²) >= 11 is 0. The van der Waals surface area contributed by atoms with Gasteiger partial charge in [0.1, 0.15) is 0 Å². The van der Waals surface area contributed by atoms with E-state index in [1.807, 2.05) is 6.92 Å². The summed E-state index contributed by atoms with van der Waals surface area (Å²) in [6, 6.07) is -0.277. The fraction of sp³-hybridized carbons (Fsp3) is 0.889. The largest absolute Gasteiger partial charge is 0.330 e. The van der Waals surface area contributed by atoms with Gasteiger partial charge in [-0.3, -0.25) is 4.79 Å². The SMILES string of the molecule is CCC(CCN)N1C(=O)C(C)(C)S1(=O)=O. The molecule has 0 aliphatic carbocycles. The summed E-state index contributed by atoms with van der Waals surface area (Å²) in [5.41, 5.74) is 5.39. The van der Waals surface area contributed by atoms with Crippen molar-refractivity contribution in [2.24, 2.45) is 5.73 Å². The first-order chi connectivity index (χ1) is 6.80. The molecule has 1 atom stereocenters. The van der Waals surface area contributed by atoms with Crippen LogP contribution in [0.1, 0.15) is 33.6 Å². The van der Waals surface area contributed by atoms with Crippen molar-refractivity contribution in [2.75, 3.05) is 6.54 Å². The van der Waals surface area contributed by atoms with Crippen LogP contribution in [0.25, 0.3) is 0 Å². The Kier molecular flexibility index (Phi) is 3.11. The second-order valence-corrected chi connectivity index (χ2v) is 6.62. The molecule has 1 fully saturated rings. The van der Waals surface area contributed by atoms with Gasteiger partial charge in [0, 0.05) is 6.04 Å². The minimum absolute atomic E-state index is 0.277. The highest BCUT2D eigenvalue weighted by Gasteiger charge is 2.61. The molecule has 1 aliphatic heterocycles. The second-order valence-electron chi connectivity index (χ2n) is 4.26. The third kappa shape index (κ3) is 1.56. The first-order valence-electron chi connectivity index (χ1n) is 5.09. The molecule has 88 valence electrons. The summed E-state index contributed by atoms with van der Waals surface area (Å²) in [4.78, 5) is 11.7. The van der Waals surface area contributed by atoms with Crippen molar-refractivity contribution < 1.29 is 13.2 Å². The summed E-state index contributed by atoms with van der Waals surface area (Å²) in [7, 11) is -3.45. The van der Waals surface area contributed by atoms with Crippen molar-refractivity contribution in [3.05, 3.63) is 0 Å². The number of carbonyl (C=O) groups excluding carboxylic acids is 1. The van der Waals surface area contributed by atoms with E-state index in [4.69, 9.17) is 5.73 Å². The van der Waals surface area contributed by atoms with Gasteiger partial charge in [0.05, 0.1) is 0 Å². The number of sulfonamides is 1. The van der Waals surface area contributed by atoms with E-state index in [1.54, 1.807) is 0 Å². The van der Waals surface area contributed by atoms with Gasteiger partial charge in [-0.2, -0.15) is 0 Å². The zero-order valence-corrected chi connectivity index (χ0v) is 10.2. The van der Waals surface area contributed by atoms with Crippen LogP contribution in [0.5, 0.6) is 0 Å². The summed E-state index contributed by atoms with van der Waals surface area (Å²) in [5, 5.41) is 0. The minimum atomic E-state index is -3.45. The second kappa shape index (κ2) is 3.75. The van der Waals surface area contributed by atoms with Crippen LogP contribution in [-0.2, 0) is 14.8 Å². The third-order valence-corrected chi connectivity index (χ3v) is 5.37. The molecule has 0 bridgehead atoms.